The van der Waals surface area contributed by atoms with Crippen molar-refractivity contribution in [1.82, 2.24) is 14.5 Å². The first-order chi connectivity index (χ1) is 19.1. The molecule has 2 aliphatic heterocycles. The van der Waals surface area contributed by atoms with Gasteiger partial charge in [0.2, 0.25) is 5.91 Å². The first-order valence-electron chi connectivity index (χ1n) is 13.3. The Labute approximate surface area is 246 Å². The van der Waals surface area contributed by atoms with E-state index in [0.717, 1.165) is 16.7 Å². The van der Waals surface area contributed by atoms with Gasteiger partial charge in [0.25, 0.3) is 0 Å². The van der Waals surface area contributed by atoms with E-state index >= 15 is 0 Å². The Bertz CT molecular complexity index is 1540. The standard InChI is InChI=1S/C29H31Cl2FN4O3S/c1-5-9-39-19-14-35-26-20(11-22(31)25(27(26)40-15-19)18-7-8-23(32)21(30)10-18)28(33-29(35)38)34-12-16(3)36(17(4)13-34)24(37)6-2/h6-8,10-11,16-17,19H,2,5,9,12-15H2,1,3-4H3/t16-,17+,19?. The average Bonchev–Trinajstić information content (AvgIpc) is 3.11. The van der Waals surface area contributed by atoms with Crippen molar-refractivity contribution < 1.29 is 13.9 Å². The largest absolute Gasteiger partial charge is 0.375 e. The number of halogens is 3. The minimum absolute atomic E-state index is 0.00799. The molecule has 40 heavy (non-hydrogen) atoms. The Morgan fingerprint density at radius 3 is 2.58 bits per heavy atom. The van der Waals surface area contributed by atoms with E-state index in [9.17, 15) is 14.0 Å². The molecule has 0 radical (unpaired) electrons. The summed E-state index contributed by atoms with van der Waals surface area (Å²) in [7, 11) is 0. The van der Waals surface area contributed by atoms with E-state index in [1.807, 2.05) is 26.8 Å². The number of hydrogen-bond donors (Lipinski definition) is 0. The van der Waals surface area contributed by atoms with Crippen LogP contribution >= 0.6 is 35.0 Å². The number of ether oxygens (including phenoxy) is 1. The Kier molecular flexibility index (Phi) is 8.47. The van der Waals surface area contributed by atoms with Crippen LogP contribution < -0.4 is 10.6 Å². The summed E-state index contributed by atoms with van der Waals surface area (Å²) in [5, 5.41) is 1.18. The van der Waals surface area contributed by atoms with E-state index in [1.165, 1.54) is 12.1 Å². The molecule has 212 valence electrons. The number of amides is 1. The number of thioether (sulfide) groups is 1. The lowest BCUT2D eigenvalue weighted by Gasteiger charge is -2.44. The fourth-order valence-electron chi connectivity index (χ4n) is 5.69. The van der Waals surface area contributed by atoms with Crippen molar-refractivity contribution >= 4 is 57.6 Å². The fourth-order valence-corrected chi connectivity index (χ4v) is 7.52. The summed E-state index contributed by atoms with van der Waals surface area (Å²) in [6, 6.07) is 6.10. The van der Waals surface area contributed by atoms with Crippen LogP contribution in [0.25, 0.3) is 22.0 Å². The van der Waals surface area contributed by atoms with Crippen LogP contribution in [-0.2, 0) is 16.1 Å². The zero-order valence-electron chi connectivity index (χ0n) is 22.6. The molecule has 2 aromatic carbocycles. The van der Waals surface area contributed by atoms with E-state index < -0.39 is 5.82 Å². The fraction of sp³-hybridized carbons (Fsp3) is 0.414. The van der Waals surface area contributed by atoms with Crippen LogP contribution in [0.4, 0.5) is 10.2 Å². The van der Waals surface area contributed by atoms with Gasteiger partial charge in [0.05, 0.1) is 28.2 Å². The van der Waals surface area contributed by atoms with Gasteiger partial charge in [-0.15, -0.1) is 11.8 Å². The molecule has 1 fully saturated rings. The van der Waals surface area contributed by atoms with Crippen molar-refractivity contribution in [3.05, 3.63) is 63.3 Å². The molecular formula is C29H31Cl2FN4O3S. The van der Waals surface area contributed by atoms with Crippen molar-refractivity contribution in [1.29, 1.82) is 0 Å². The molecule has 1 aromatic heterocycles. The topological polar surface area (TPSA) is 67.7 Å². The quantitative estimate of drug-likeness (QED) is 0.320. The summed E-state index contributed by atoms with van der Waals surface area (Å²) >= 11 is 14.7. The highest BCUT2D eigenvalue weighted by Crippen LogP contribution is 2.46. The predicted molar refractivity (Wildman–Crippen MR) is 160 cm³/mol. The summed E-state index contributed by atoms with van der Waals surface area (Å²) in [5.41, 5.74) is 1.68. The monoisotopic (exact) mass is 604 g/mol. The third kappa shape index (κ3) is 5.24. The van der Waals surface area contributed by atoms with E-state index in [2.05, 4.69) is 16.5 Å². The van der Waals surface area contributed by atoms with Gasteiger partial charge < -0.3 is 14.5 Å². The molecule has 0 N–H and O–H groups in total. The molecule has 0 aliphatic carbocycles. The molecular weight excluding hydrogens is 574 g/mol. The lowest BCUT2D eigenvalue weighted by atomic mass is 10.0. The molecule has 2 aliphatic rings. The van der Waals surface area contributed by atoms with E-state index in [1.54, 1.807) is 33.4 Å². The number of carbonyl (C=O) groups excluding carboxylic acids is 1. The Balaban J connectivity index is 1.71. The molecule has 5 rings (SSSR count). The van der Waals surface area contributed by atoms with Crippen molar-refractivity contribution in [2.45, 2.75) is 56.8 Å². The number of benzene rings is 2. The Morgan fingerprint density at radius 1 is 1.20 bits per heavy atom. The maximum atomic E-state index is 14.1. The van der Waals surface area contributed by atoms with E-state index in [0.29, 0.717) is 59.5 Å². The molecule has 3 aromatic rings. The molecule has 0 saturated carbocycles. The van der Waals surface area contributed by atoms with Gasteiger partial charge in [0, 0.05) is 53.4 Å². The molecule has 0 bridgehead atoms. The molecule has 7 nitrogen and oxygen atoms in total. The van der Waals surface area contributed by atoms with Gasteiger partial charge in [0.1, 0.15) is 11.6 Å². The van der Waals surface area contributed by atoms with Gasteiger partial charge in [-0.3, -0.25) is 9.36 Å². The van der Waals surface area contributed by atoms with Crippen LogP contribution in [0.3, 0.4) is 0 Å². The number of anilines is 1. The number of piperazine rings is 1. The average molecular weight is 606 g/mol. The second-order valence-corrected chi connectivity index (χ2v) is 12.1. The van der Waals surface area contributed by atoms with Crippen LogP contribution in [0.5, 0.6) is 0 Å². The molecule has 0 spiro atoms. The number of hydrogen-bond acceptors (Lipinski definition) is 6. The summed E-state index contributed by atoms with van der Waals surface area (Å²) in [6.45, 7) is 11.5. The molecule has 3 heterocycles. The second-order valence-electron chi connectivity index (χ2n) is 10.3. The van der Waals surface area contributed by atoms with Crippen LogP contribution in [0.15, 0.2) is 46.6 Å². The van der Waals surface area contributed by atoms with Gasteiger partial charge in [-0.2, -0.15) is 4.98 Å². The highest BCUT2D eigenvalue weighted by atomic mass is 35.5. The minimum Gasteiger partial charge on any atom is -0.375 e. The normalized spacial score (nSPS) is 21.0. The highest BCUT2D eigenvalue weighted by Gasteiger charge is 2.35. The third-order valence-electron chi connectivity index (χ3n) is 7.36. The lowest BCUT2D eigenvalue weighted by Crippen LogP contribution is -2.58. The van der Waals surface area contributed by atoms with Crippen LogP contribution in [0.1, 0.15) is 27.2 Å². The Hall–Kier alpha value is -2.59. The molecule has 1 unspecified atom stereocenters. The zero-order chi connectivity index (χ0) is 28.7. The lowest BCUT2D eigenvalue weighted by molar-refractivity contribution is -0.130. The summed E-state index contributed by atoms with van der Waals surface area (Å²) in [5.74, 6) is 0.487. The van der Waals surface area contributed by atoms with Crippen molar-refractivity contribution in [3.8, 4) is 11.1 Å². The number of aromatic nitrogens is 2. The number of rotatable bonds is 6. The molecule has 1 amide bonds. The SMILES string of the molecule is C=CC(=O)N1[C@H](C)CN(c2nc(=O)n3c4c(c(-c5ccc(F)c(Cl)c5)c(Cl)cc24)SCC(OCCC)C3)C[C@@H]1C. The van der Waals surface area contributed by atoms with Gasteiger partial charge in [0.15, 0.2) is 0 Å². The van der Waals surface area contributed by atoms with Crippen LogP contribution in [0.2, 0.25) is 10.0 Å². The van der Waals surface area contributed by atoms with Crippen LogP contribution in [0, 0.1) is 5.82 Å². The van der Waals surface area contributed by atoms with E-state index in [-0.39, 0.29) is 34.8 Å². The maximum absolute atomic E-state index is 14.1. The minimum atomic E-state index is -0.519. The first-order valence-corrected chi connectivity index (χ1v) is 15.0. The zero-order valence-corrected chi connectivity index (χ0v) is 25.0. The molecule has 3 atom stereocenters. The molecule has 1 saturated heterocycles. The van der Waals surface area contributed by atoms with Crippen molar-refractivity contribution in [3.63, 3.8) is 0 Å². The predicted octanol–water partition coefficient (Wildman–Crippen LogP) is 6.02. The van der Waals surface area contributed by atoms with Gasteiger partial charge >= 0.3 is 5.69 Å². The van der Waals surface area contributed by atoms with Gasteiger partial charge in [-0.25, -0.2) is 9.18 Å². The second kappa shape index (κ2) is 11.7. The smallest absolute Gasteiger partial charge is 0.350 e. The third-order valence-corrected chi connectivity index (χ3v) is 9.18. The van der Waals surface area contributed by atoms with Crippen molar-refractivity contribution in [2.75, 3.05) is 30.3 Å². The van der Waals surface area contributed by atoms with E-state index in [4.69, 9.17) is 27.9 Å². The number of nitrogens with zero attached hydrogens (tertiary/aromatic N) is 4. The summed E-state index contributed by atoms with van der Waals surface area (Å²) in [4.78, 5) is 35.4. The molecule has 11 heteroatoms. The van der Waals surface area contributed by atoms with Gasteiger partial charge in [-0.05, 0) is 50.1 Å². The van der Waals surface area contributed by atoms with Gasteiger partial charge in [-0.1, -0.05) is 42.8 Å². The number of carbonyl (C=O) groups is 1. The summed E-state index contributed by atoms with van der Waals surface area (Å²) < 4.78 is 21.8. The Morgan fingerprint density at radius 2 is 1.93 bits per heavy atom. The summed E-state index contributed by atoms with van der Waals surface area (Å²) in [6.07, 6.45) is 1.98. The maximum Gasteiger partial charge on any atom is 0.350 e. The van der Waals surface area contributed by atoms with Crippen molar-refractivity contribution in [2.24, 2.45) is 0 Å². The van der Waals surface area contributed by atoms with Crippen LogP contribution in [-0.4, -0.2) is 64.0 Å². The first kappa shape index (κ1) is 28.9. The highest BCUT2D eigenvalue weighted by molar-refractivity contribution is 7.99.